The first-order valence-corrected chi connectivity index (χ1v) is 9.12. The zero-order valence-electron chi connectivity index (χ0n) is 16.5. The number of hydrogen-bond acceptors (Lipinski definition) is 5. The van der Waals surface area contributed by atoms with Crippen LogP contribution in [0, 0.1) is 0 Å². The highest BCUT2D eigenvalue weighted by Gasteiger charge is 2.30. The fraction of sp³-hybridized carbons (Fsp3) is 0.333. The van der Waals surface area contributed by atoms with E-state index in [0.29, 0.717) is 22.9 Å². The first-order chi connectivity index (χ1) is 13.4. The predicted molar refractivity (Wildman–Crippen MR) is 108 cm³/mol. The van der Waals surface area contributed by atoms with Crippen molar-refractivity contribution in [3.8, 4) is 11.5 Å². The van der Waals surface area contributed by atoms with Crippen molar-refractivity contribution in [3.05, 3.63) is 48.0 Å². The molecule has 0 saturated heterocycles. The second-order valence-electron chi connectivity index (χ2n) is 6.71. The van der Waals surface area contributed by atoms with Crippen LogP contribution in [0.2, 0.25) is 0 Å². The molecular formula is C21H25N3O4. The van der Waals surface area contributed by atoms with Gasteiger partial charge >= 0.3 is 0 Å². The third kappa shape index (κ3) is 3.94. The number of para-hydroxylation sites is 2. The molecule has 2 aromatic rings. The van der Waals surface area contributed by atoms with Gasteiger partial charge in [-0.2, -0.15) is 0 Å². The molecule has 0 aliphatic carbocycles. The van der Waals surface area contributed by atoms with E-state index in [2.05, 4.69) is 10.6 Å². The Morgan fingerprint density at radius 1 is 1.14 bits per heavy atom. The van der Waals surface area contributed by atoms with Crippen molar-refractivity contribution in [1.82, 2.24) is 5.32 Å². The average Bonchev–Trinajstić information content (AvgIpc) is 2.71. The van der Waals surface area contributed by atoms with E-state index < -0.39 is 6.04 Å². The smallest absolute Gasteiger partial charge is 0.244 e. The van der Waals surface area contributed by atoms with Crippen LogP contribution in [0.15, 0.2) is 42.5 Å². The number of amides is 2. The number of nitrogens with one attached hydrogen (secondary N) is 2. The lowest BCUT2D eigenvalue weighted by atomic mass is 10.0. The number of rotatable bonds is 6. The molecule has 28 heavy (non-hydrogen) atoms. The van der Waals surface area contributed by atoms with Gasteiger partial charge in [0.15, 0.2) is 0 Å². The Bertz CT molecular complexity index is 884. The Labute approximate surface area is 164 Å². The van der Waals surface area contributed by atoms with E-state index in [4.69, 9.17) is 9.47 Å². The van der Waals surface area contributed by atoms with Crippen molar-refractivity contribution in [2.45, 2.75) is 25.9 Å². The van der Waals surface area contributed by atoms with E-state index in [1.165, 1.54) is 4.90 Å². The highest BCUT2D eigenvalue weighted by molar-refractivity contribution is 6.11. The Balaban J connectivity index is 1.79. The number of carbonyl (C=O) groups excluding carboxylic acids is 2. The molecule has 1 aliphatic rings. The number of benzene rings is 2. The maximum absolute atomic E-state index is 13.1. The monoisotopic (exact) mass is 383 g/mol. The molecule has 2 N–H and O–H groups in total. The first kappa shape index (κ1) is 19.7. The molecule has 7 nitrogen and oxygen atoms in total. The summed E-state index contributed by atoms with van der Waals surface area (Å²) in [5, 5.41) is 6.10. The van der Waals surface area contributed by atoms with Crippen LogP contribution in [0.1, 0.15) is 25.5 Å². The number of ether oxygens (including phenoxy) is 2. The van der Waals surface area contributed by atoms with Gasteiger partial charge in [0, 0.05) is 11.6 Å². The summed E-state index contributed by atoms with van der Waals surface area (Å²) in [6.07, 6.45) is 0. The summed E-state index contributed by atoms with van der Waals surface area (Å²) in [6, 6.07) is 12.2. The van der Waals surface area contributed by atoms with Gasteiger partial charge in [-0.05, 0) is 44.2 Å². The minimum Gasteiger partial charge on any atom is -0.497 e. The van der Waals surface area contributed by atoms with Gasteiger partial charge in [0.1, 0.15) is 18.0 Å². The van der Waals surface area contributed by atoms with Gasteiger partial charge in [-0.15, -0.1) is 0 Å². The van der Waals surface area contributed by atoms with Crippen LogP contribution in [0.3, 0.4) is 0 Å². The minimum absolute atomic E-state index is 0.00126. The number of methoxy groups -OCH3 is 2. The molecule has 0 bridgehead atoms. The highest BCUT2D eigenvalue weighted by atomic mass is 16.5. The molecule has 0 saturated carbocycles. The molecule has 3 rings (SSSR count). The second kappa shape index (κ2) is 8.31. The van der Waals surface area contributed by atoms with E-state index >= 15 is 0 Å². The van der Waals surface area contributed by atoms with Crippen molar-refractivity contribution >= 4 is 23.2 Å². The summed E-state index contributed by atoms with van der Waals surface area (Å²) in [6.45, 7) is 3.75. The average molecular weight is 383 g/mol. The Hall–Kier alpha value is -3.06. The van der Waals surface area contributed by atoms with E-state index in [-0.39, 0.29) is 24.4 Å². The maximum atomic E-state index is 13.1. The highest BCUT2D eigenvalue weighted by Crippen LogP contribution is 2.31. The zero-order chi connectivity index (χ0) is 20.3. The molecule has 0 spiro atoms. The van der Waals surface area contributed by atoms with Crippen molar-refractivity contribution in [1.29, 1.82) is 0 Å². The van der Waals surface area contributed by atoms with E-state index in [0.717, 1.165) is 5.56 Å². The molecule has 0 fully saturated rings. The molecule has 0 aromatic heterocycles. The van der Waals surface area contributed by atoms with Gasteiger partial charge in [-0.25, -0.2) is 0 Å². The molecule has 1 heterocycles. The summed E-state index contributed by atoms with van der Waals surface area (Å²) in [7, 11) is 3.21. The van der Waals surface area contributed by atoms with Crippen LogP contribution in [-0.2, 0) is 9.59 Å². The van der Waals surface area contributed by atoms with Gasteiger partial charge in [-0.3, -0.25) is 19.8 Å². The van der Waals surface area contributed by atoms with Crippen LogP contribution in [0.5, 0.6) is 11.5 Å². The normalized spacial score (nSPS) is 15.3. The minimum atomic E-state index is -0.509. The molecule has 2 aromatic carbocycles. The Morgan fingerprint density at radius 2 is 1.89 bits per heavy atom. The van der Waals surface area contributed by atoms with Gasteiger partial charge in [0.05, 0.1) is 31.6 Å². The number of fused-ring (bicyclic) bond motifs is 1. The lowest BCUT2D eigenvalue weighted by molar-refractivity contribution is -0.123. The van der Waals surface area contributed by atoms with Crippen molar-refractivity contribution in [2.24, 2.45) is 0 Å². The van der Waals surface area contributed by atoms with Crippen molar-refractivity contribution < 1.29 is 19.1 Å². The standard InChI is InChI=1S/C21H25N3O4/c1-13(16-11-15(27-3)9-10-19(16)28-4)22-14(2)21(26)24-12-20(25)23-17-7-5-6-8-18(17)24/h5-11,13-14,22H,12H2,1-4H3,(H,23,25)/t13-,14+/m1/s1. The molecule has 2 atom stereocenters. The van der Waals surface area contributed by atoms with Crippen LogP contribution >= 0.6 is 0 Å². The molecule has 148 valence electrons. The van der Waals surface area contributed by atoms with Crippen LogP contribution in [0.25, 0.3) is 0 Å². The topological polar surface area (TPSA) is 79.9 Å². The SMILES string of the molecule is COc1ccc(OC)c([C@@H](C)N[C@@H](C)C(=O)N2CC(=O)Nc3ccccc32)c1. The van der Waals surface area contributed by atoms with E-state index in [9.17, 15) is 9.59 Å². The molecular weight excluding hydrogens is 358 g/mol. The summed E-state index contributed by atoms with van der Waals surface area (Å²) in [5.74, 6) is 1.05. The van der Waals surface area contributed by atoms with Gasteiger partial charge in [0.25, 0.3) is 0 Å². The number of carbonyl (C=O) groups is 2. The third-order valence-corrected chi connectivity index (χ3v) is 4.81. The number of nitrogens with zero attached hydrogens (tertiary/aromatic N) is 1. The molecule has 0 unspecified atom stereocenters. The van der Waals surface area contributed by atoms with Crippen LogP contribution < -0.4 is 25.0 Å². The fourth-order valence-corrected chi connectivity index (χ4v) is 3.38. The Morgan fingerprint density at radius 3 is 2.61 bits per heavy atom. The molecule has 7 heteroatoms. The molecule has 2 amide bonds. The second-order valence-corrected chi connectivity index (χ2v) is 6.71. The van der Waals surface area contributed by atoms with Gasteiger partial charge in [-0.1, -0.05) is 12.1 Å². The van der Waals surface area contributed by atoms with Crippen LogP contribution in [0.4, 0.5) is 11.4 Å². The predicted octanol–water partition coefficient (Wildman–Crippen LogP) is 2.73. The summed E-state index contributed by atoms with van der Waals surface area (Å²) < 4.78 is 10.7. The summed E-state index contributed by atoms with van der Waals surface area (Å²) >= 11 is 0. The lowest BCUT2D eigenvalue weighted by Crippen LogP contribution is -2.50. The largest absolute Gasteiger partial charge is 0.497 e. The Kier molecular flexibility index (Phi) is 5.84. The first-order valence-electron chi connectivity index (χ1n) is 9.12. The number of anilines is 2. The number of hydrogen-bond donors (Lipinski definition) is 2. The quantitative estimate of drug-likeness (QED) is 0.802. The van der Waals surface area contributed by atoms with E-state index in [1.54, 1.807) is 27.2 Å². The van der Waals surface area contributed by atoms with Gasteiger partial charge < -0.3 is 14.8 Å². The third-order valence-electron chi connectivity index (χ3n) is 4.81. The molecule has 0 radical (unpaired) electrons. The fourth-order valence-electron chi connectivity index (χ4n) is 3.38. The summed E-state index contributed by atoms with van der Waals surface area (Å²) in [4.78, 5) is 26.6. The zero-order valence-corrected chi connectivity index (χ0v) is 16.5. The van der Waals surface area contributed by atoms with Crippen LogP contribution in [-0.4, -0.2) is 38.6 Å². The lowest BCUT2D eigenvalue weighted by Gasteiger charge is -2.32. The van der Waals surface area contributed by atoms with E-state index in [1.807, 2.05) is 43.3 Å². The molecule has 1 aliphatic heterocycles. The van der Waals surface area contributed by atoms with Crippen molar-refractivity contribution in [3.63, 3.8) is 0 Å². The van der Waals surface area contributed by atoms with Crippen molar-refractivity contribution in [2.75, 3.05) is 31.0 Å². The van der Waals surface area contributed by atoms with Gasteiger partial charge in [0.2, 0.25) is 11.8 Å². The maximum Gasteiger partial charge on any atom is 0.244 e. The summed E-state index contributed by atoms with van der Waals surface area (Å²) in [5.41, 5.74) is 2.23.